The van der Waals surface area contributed by atoms with Gasteiger partial charge in [-0.25, -0.2) is 4.68 Å². The van der Waals surface area contributed by atoms with Gasteiger partial charge in [-0.2, -0.15) is 5.10 Å². The van der Waals surface area contributed by atoms with Crippen LogP contribution in [0.5, 0.6) is 11.5 Å². The summed E-state index contributed by atoms with van der Waals surface area (Å²) >= 11 is 1.58. The minimum Gasteiger partial charge on any atom is -0.493 e. The molecule has 0 fully saturated rings. The topological polar surface area (TPSA) is 65.4 Å². The number of ether oxygens (including phenoxy) is 2. The number of aromatic nitrogens is 2. The van der Waals surface area contributed by atoms with Crippen LogP contribution < -0.4 is 14.8 Å². The molecule has 1 aliphatic heterocycles. The van der Waals surface area contributed by atoms with E-state index in [0.717, 1.165) is 22.5 Å². The number of rotatable bonds is 4. The number of nitrogens with zero attached hydrogens (tertiary/aromatic N) is 2. The van der Waals surface area contributed by atoms with Gasteiger partial charge in [-0.15, -0.1) is 11.8 Å². The predicted octanol–water partition coefficient (Wildman–Crippen LogP) is 4.36. The molecule has 4 rings (SSSR count). The quantitative estimate of drug-likeness (QED) is 0.694. The van der Waals surface area contributed by atoms with E-state index in [1.807, 2.05) is 62.4 Å². The maximum Gasteiger partial charge on any atom is 0.238 e. The lowest BCUT2D eigenvalue weighted by atomic mass is 10.0. The predicted molar refractivity (Wildman–Crippen MR) is 115 cm³/mol. The van der Waals surface area contributed by atoms with Crippen LogP contribution in [0.4, 0.5) is 5.82 Å². The van der Waals surface area contributed by atoms with Gasteiger partial charge in [0.2, 0.25) is 5.91 Å². The van der Waals surface area contributed by atoms with Crippen LogP contribution in [0.15, 0.2) is 48.5 Å². The van der Waals surface area contributed by atoms with Crippen molar-refractivity contribution in [3.05, 3.63) is 65.4 Å². The van der Waals surface area contributed by atoms with Crippen molar-refractivity contribution in [2.75, 3.05) is 19.5 Å². The number of methoxy groups -OCH3 is 2. The molecule has 0 saturated carbocycles. The Balaban J connectivity index is 1.95. The number of thioether (sulfide) groups is 1. The van der Waals surface area contributed by atoms with Crippen LogP contribution >= 0.6 is 11.8 Å². The number of anilines is 1. The number of nitrogens with one attached hydrogen (secondary N) is 1. The Labute approximate surface area is 174 Å². The number of amides is 1. The number of benzene rings is 2. The zero-order valence-electron chi connectivity index (χ0n) is 16.8. The van der Waals surface area contributed by atoms with Crippen LogP contribution in [0.1, 0.15) is 29.0 Å². The average molecular weight is 410 g/mol. The van der Waals surface area contributed by atoms with Gasteiger partial charge in [-0.05, 0) is 32.0 Å². The monoisotopic (exact) mass is 409 g/mol. The average Bonchev–Trinajstić information content (AvgIpc) is 3.00. The highest BCUT2D eigenvalue weighted by atomic mass is 32.2. The summed E-state index contributed by atoms with van der Waals surface area (Å²) in [5.41, 5.74) is 3.69. The van der Waals surface area contributed by atoms with E-state index in [1.165, 1.54) is 0 Å². The zero-order valence-corrected chi connectivity index (χ0v) is 17.6. The maximum absolute atomic E-state index is 12.8. The summed E-state index contributed by atoms with van der Waals surface area (Å²) in [6, 6.07) is 15.7. The Hall–Kier alpha value is -2.93. The van der Waals surface area contributed by atoms with E-state index in [4.69, 9.17) is 14.6 Å². The summed E-state index contributed by atoms with van der Waals surface area (Å²) in [5, 5.41) is 7.47. The standard InChI is InChI=1S/C22H23N3O3S/c1-13-18-20(16-11-8-12-17(27-3)19(16)28-4)29-14(2)22(26)23-21(18)25(24-13)15-9-6-5-7-10-15/h5-12,14,20H,1-4H3,(H,23,26)/t14-,20+/m0/s1. The van der Waals surface area contributed by atoms with Gasteiger partial charge in [0.05, 0.1) is 36.1 Å². The molecular weight excluding hydrogens is 386 g/mol. The molecule has 0 spiro atoms. The zero-order chi connectivity index (χ0) is 20.5. The fourth-order valence-corrected chi connectivity index (χ4v) is 4.97. The minimum atomic E-state index is -0.244. The highest BCUT2D eigenvalue weighted by Gasteiger charge is 2.35. The number of carbonyl (C=O) groups excluding carboxylic acids is 1. The van der Waals surface area contributed by atoms with Crippen LogP contribution in [0.3, 0.4) is 0 Å². The highest BCUT2D eigenvalue weighted by Crippen LogP contribution is 2.50. The first-order chi connectivity index (χ1) is 14.0. The maximum atomic E-state index is 12.8. The lowest BCUT2D eigenvalue weighted by Crippen LogP contribution is -2.22. The lowest BCUT2D eigenvalue weighted by molar-refractivity contribution is -0.115. The molecule has 6 nitrogen and oxygen atoms in total. The van der Waals surface area contributed by atoms with Gasteiger partial charge in [0.15, 0.2) is 11.5 Å². The molecule has 1 aromatic heterocycles. The van der Waals surface area contributed by atoms with Gasteiger partial charge in [-0.3, -0.25) is 4.79 Å². The molecule has 1 N–H and O–H groups in total. The lowest BCUT2D eigenvalue weighted by Gasteiger charge is -2.21. The largest absolute Gasteiger partial charge is 0.493 e. The Morgan fingerprint density at radius 2 is 1.83 bits per heavy atom. The van der Waals surface area contributed by atoms with Crippen molar-refractivity contribution in [1.29, 1.82) is 0 Å². The van der Waals surface area contributed by atoms with Crippen LogP contribution in [0.25, 0.3) is 5.69 Å². The molecule has 2 atom stereocenters. The first-order valence-electron chi connectivity index (χ1n) is 9.37. The van der Waals surface area contributed by atoms with Gasteiger partial charge in [-0.1, -0.05) is 30.3 Å². The molecule has 29 heavy (non-hydrogen) atoms. The van der Waals surface area contributed by atoms with E-state index in [0.29, 0.717) is 17.3 Å². The van der Waals surface area contributed by atoms with Gasteiger partial charge in [0, 0.05) is 11.1 Å². The molecule has 1 aliphatic rings. The van der Waals surface area contributed by atoms with Crippen molar-refractivity contribution in [3.63, 3.8) is 0 Å². The third kappa shape index (κ3) is 3.35. The molecule has 0 radical (unpaired) electrons. The Morgan fingerprint density at radius 3 is 2.52 bits per heavy atom. The van der Waals surface area contributed by atoms with E-state index < -0.39 is 0 Å². The normalized spacial score (nSPS) is 18.6. The second kappa shape index (κ2) is 7.83. The summed E-state index contributed by atoms with van der Waals surface area (Å²) in [6.45, 7) is 3.89. The Kier molecular flexibility index (Phi) is 5.24. The molecule has 2 heterocycles. The van der Waals surface area contributed by atoms with Crippen molar-refractivity contribution in [3.8, 4) is 17.2 Å². The molecule has 2 aromatic carbocycles. The summed E-state index contributed by atoms with van der Waals surface area (Å²) in [7, 11) is 3.26. The third-order valence-corrected chi connectivity index (χ3v) is 6.42. The summed E-state index contributed by atoms with van der Waals surface area (Å²) in [5.74, 6) is 1.99. The molecule has 0 unspecified atom stereocenters. The molecule has 0 aliphatic carbocycles. The fourth-order valence-electron chi connectivity index (χ4n) is 3.63. The van der Waals surface area contributed by atoms with Crippen LogP contribution in [0, 0.1) is 6.92 Å². The number of hydrogen-bond acceptors (Lipinski definition) is 5. The molecule has 0 saturated heterocycles. The number of para-hydroxylation sites is 2. The second-order valence-electron chi connectivity index (χ2n) is 6.83. The van der Waals surface area contributed by atoms with Gasteiger partial charge in [0.25, 0.3) is 0 Å². The molecule has 150 valence electrons. The van der Waals surface area contributed by atoms with Gasteiger partial charge in [0.1, 0.15) is 5.82 Å². The van der Waals surface area contributed by atoms with Crippen molar-refractivity contribution >= 4 is 23.5 Å². The van der Waals surface area contributed by atoms with E-state index in [1.54, 1.807) is 30.7 Å². The van der Waals surface area contributed by atoms with E-state index in [2.05, 4.69) is 5.32 Å². The van der Waals surface area contributed by atoms with E-state index in [-0.39, 0.29) is 16.4 Å². The van der Waals surface area contributed by atoms with E-state index in [9.17, 15) is 4.79 Å². The number of hydrogen-bond donors (Lipinski definition) is 1. The fraction of sp³-hybridized carbons (Fsp3) is 0.273. The molecule has 0 bridgehead atoms. The summed E-state index contributed by atoms with van der Waals surface area (Å²) < 4.78 is 13.0. The summed E-state index contributed by atoms with van der Waals surface area (Å²) in [4.78, 5) is 12.8. The molecular formula is C22H23N3O3S. The second-order valence-corrected chi connectivity index (χ2v) is 8.28. The third-order valence-electron chi connectivity index (χ3n) is 5.04. The Bertz CT molecular complexity index is 1050. The minimum absolute atomic E-state index is 0.0438. The summed E-state index contributed by atoms with van der Waals surface area (Å²) in [6.07, 6.45) is 0. The van der Waals surface area contributed by atoms with E-state index >= 15 is 0 Å². The first-order valence-corrected chi connectivity index (χ1v) is 10.3. The van der Waals surface area contributed by atoms with Gasteiger partial charge < -0.3 is 14.8 Å². The van der Waals surface area contributed by atoms with Crippen molar-refractivity contribution in [1.82, 2.24) is 9.78 Å². The van der Waals surface area contributed by atoms with Crippen LogP contribution in [-0.4, -0.2) is 35.2 Å². The van der Waals surface area contributed by atoms with Crippen LogP contribution in [-0.2, 0) is 4.79 Å². The van der Waals surface area contributed by atoms with Crippen molar-refractivity contribution in [2.24, 2.45) is 0 Å². The Morgan fingerprint density at radius 1 is 1.07 bits per heavy atom. The van der Waals surface area contributed by atoms with Crippen molar-refractivity contribution < 1.29 is 14.3 Å². The van der Waals surface area contributed by atoms with Crippen molar-refractivity contribution in [2.45, 2.75) is 24.3 Å². The number of aryl methyl sites for hydroxylation is 1. The first kappa shape index (κ1) is 19.4. The number of fused-ring (bicyclic) bond motifs is 1. The highest BCUT2D eigenvalue weighted by molar-refractivity contribution is 8.01. The molecule has 1 amide bonds. The molecule has 3 aromatic rings. The van der Waals surface area contributed by atoms with Gasteiger partial charge >= 0.3 is 0 Å². The SMILES string of the molecule is COc1cccc([C@H]2S[C@@H](C)C(=O)Nc3c2c(C)nn3-c2ccccc2)c1OC. The number of carbonyl (C=O) groups is 1. The molecule has 7 heteroatoms. The van der Waals surface area contributed by atoms with Crippen LogP contribution in [0.2, 0.25) is 0 Å². The smallest absolute Gasteiger partial charge is 0.238 e.